The van der Waals surface area contributed by atoms with Crippen LogP contribution in [-0.2, 0) is 18.0 Å². The normalized spacial score (nSPS) is 21.8. The Kier molecular flexibility index (Phi) is 5.97. The molecule has 5 nitrogen and oxygen atoms in total. The minimum atomic E-state index is 0.219. The highest BCUT2D eigenvalue weighted by Gasteiger charge is 2.22. The number of rotatable bonds is 5. The Bertz CT molecular complexity index is 817. The molecular formula is C20H27ClN4OS. The van der Waals surface area contributed by atoms with Gasteiger partial charge in [0.15, 0.2) is 10.6 Å². The second kappa shape index (κ2) is 8.43. The predicted octanol–water partition coefficient (Wildman–Crippen LogP) is 4.60. The lowest BCUT2D eigenvalue weighted by molar-refractivity contribution is 0.0964. The van der Waals surface area contributed by atoms with Crippen LogP contribution in [0, 0.1) is 10.7 Å². The highest BCUT2D eigenvalue weighted by molar-refractivity contribution is 7.71. The highest BCUT2D eigenvalue weighted by Crippen LogP contribution is 2.24. The fourth-order valence-corrected chi connectivity index (χ4v) is 4.28. The minimum Gasteiger partial charge on any atom is -0.376 e. The van der Waals surface area contributed by atoms with Gasteiger partial charge in [-0.3, -0.25) is 9.47 Å². The molecule has 0 saturated carbocycles. The molecular weight excluding hydrogens is 380 g/mol. The second-order valence-electron chi connectivity index (χ2n) is 7.80. The Morgan fingerprint density at radius 2 is 1.93 bits per heavy atom. The third-order valence-corrected chi connectivity index (χ3v) is 6.33. The molecule has 2 aromatic rings. The number of likely N-dealkylation sites (tertiary alicyclic amines) is 1. The second-order valence-corrected chi connectivity index (χ2v) is 8.60. The molecule has 2 fully saturated rings. The van der Waals surface area contributed by atoms with Gasteiger partial charge in [0.25, 0.3) is 0 Å². The quantitative estimate of drug-likeness (QED) is 0.679. The summed E-state index contributed by atoms with van der Waals surface area (Å²) in [5, 5.41) is 5.63. The maximum absolute atomic E-state index is 6.07. The van der Waals surface area contributed by atoms with Crippen LogP contribution in [0.15, 0.2) is 24.3 Å². The van der Waals surface area contributed by atoms with E-state index in [1.807, 2.05) is 28.9 Å². The first-order valence-electron chi connectivity index (χ1n) is 9.87. The fourth-order valence-electron chi connectivity index (χ4n) is 3.90. The van der Waals surface area contributed by atoms with E-state index in [2.05, 4.69) is 16.4 Å². The Labute approximate surface area is 170 Å². The zero-order valence-corrected chi connectivity index (χ0v) is 17.4. The van der Waals surface area contributed by atoms with Crippen LogP contribution in [0.3, 0.4) is 0 Å². The zero-order valence-electron chi connectivity index (χ0n) is 15.8. The number of ether oxygens (including phenoxy) is 1. The zero-order chi connectivity index (χ0) is 18.8. The number of benzene rings is 1. The van der Waals surface area contributed by atoms with E-state index in [0.29, 0.717) is 0 Å². The number of hydrogen-bond acceptors (Lipinski definition) is 4. The average molecular weight is 407 g/mol. The van der Waals surface area contributed by atoms with Crippen molar-refractivity contribution < 1.29 is 4.74 Å². The van der Waals surface area contributed by atoms with Crippen molar-refractivity contribution in [2.24, 2.45) is 5.92 Å². The van der Waals surface area contributed by atoms with Gasteiger partial charge in [0.1, 0.15) is 0 Å². The maximum atomic E-state index is 6.07. The smallest absolute Gasteiger partial charge is 0.199 e. The first kappa shape index (κ1) is 19.1. The molecule has 1 atom stereocenters. The first-order chi connectivity index (χ1) is 13.1. The topological polar surface area (TPSA) is 35.2 Å². The molecule has 2 aliphatic heterocycles. The summed E-state index contributed by atoms with van der Waals surface area (Å²) < 4.78 is 10.7. The SMILES string of the molecule is CC1CCN(Cn2nc(-c3ccc(Cl)cc3)n(C[C@H]3CCCO3)c2=S)CC1. The van der Waals surface area contributed by atoms with E-state index in [-0.39, 0.29) is 6.10 Å². The molecule has 0 bridgehead atoms. The van der Waals surface area contributed by atoms with E-state index in [1.54, 1.807) is 0 Å². The highest BCUT2D eigenvalue weighted by atomic mass is 35.5. The molecule has 146 valence electrons. The van der Waals surface area contributed by atoms with E-state index in [4.69, 9.17) is 33.7 Å². The van der Waals surface area contributed by atoms with Crippen molar-refractivity contribution in [2.45, 2.75) is 51.9 Å². The molecule has 4 rings (SSSR count). The Morgan fingerprint density at radius 1 is 1.19 bits per heavy atom. The molecule has 1 aromatic heterocycles. The summed E-state index contributed by atoms with van der Waals surface area (Å²) in [6, 6.07) is 7.83. The molecule has 27 heavy (non-hydrogen) atoms. The van der Waals surface area contributed by atoms with Gasteiger partial charge in [-0.05, 0) is 68.1 Å². The van der Waals surface area contributed by atoms with Crippen LogP contribution in [0.1, 0.15) is 32.6 Å². The number of nitrogens with zero attached hydrogens (tertiary/aromatic N) is 4. The minimum absolute atomic E-state index is 0.219. The molecule has 0 amide bonds. The summed E-state index contributed by atoms with van der Waals surface area (Å²) >= 11 is 11.9. The molecule has 7 heteroatoms. The maximum Gasteiger partial charge on any atom is 0.199 e. The van der Waals surface area contributed by atoms with Gasteiger partial charge in [-0.25, -0.2) is 4.68 Å². The molecule has 0 unspecified atom stereocenters. The fraction of sp³-hybridized carbons (Fsp3) is 0.600. The van der Waals surface area contributed by atoms with Gasteiger partial charge in [0.05, 0.1) is 19.3 Å². The van der Waals surface area contributed by atoms with Crippen LogP contribution < -0.4 is 0 Å². The lowest BCUT2D eigenvalue weighted by atomic mass is 10.00. The summed E-state index contributed by atoms with van der Waals surface area (Å²) in [4.78, 5) is 2.45. The molecule has 0 spiro atoms. The van der Waals surface area contributed by atoms with Gasteiger partial charge >= 0.3 is 0 Å². The number of halogens is 1. The van der Waals surface area contributed by atoms with E-state index >= 15 is 0 Å². The summed E-state index contributed by atoms with van der Waals surface area (Å²) in [6.45, 7) is 6.90. The molecule has 2 aliphatic rings. The summed E-state index contributed by atoms with van der Waals surface area (Å²) in [5.41, 5.74) is 1.04. The van der Waals surface area contributed by atoms with Gasteiger partial charge in [-0.2, -0.15) is 5.10 Å². The van der Waals surface area contributed by atoms with Crippen molar-refractivity contribution in [3.05, 3.63) is 34.1 Å². The largest absolute Gasteiger partial charge is 0.376 e. The van der Waals surface area contributed by atoms with E-state index < -0.39 is 0 Å². The Hall–Kier alpha value is -1.21. The van der Waals surface area contributed by atoms with E-state index in [9.17, 15) is 0 Å². The first-order valence-corrected chi connectivity index (χ1v) is 10.7. The summed E-state index contributed by atoms with van der Waals surface area (Å²) in [6.07, 6.45) is 4.91. The third-order valence-electron chi connectivity index (χ3n) is 5.65. The third kappa shape index (κ3) is 4.45. The van der Waals surface area contributed by atoms with Crippen LogP contribution in [0.4, 0.5) is 0 Å². The van der Waals surface area contributed by atoms with Crippen LogP contribution in [0.5, 0.6) is 0 Å². The average Bonchev–Trinajstić information content (AvgIpc) is 3.28. The Balaban J connectivity index is 1.63. The molecule has 1 aromatic carbocycles. The van der Waals surface area contributed by atoms with Crippen molar-refractivity contribution in [1.29, 1.82) is 0 Å². The van der Waals surface area contributed by atoms with Crippen molar-refractivity contribution in [2.75, 3.05) is 19.7 Å². The summed E-state index contributed by atoms with van der Waals surface area (Å²) in [7, 11) is 0. The lowest BCUT2D eigenvalue weighted by Gasteiger charge is -2.29. The molecule has 0 radical (unpaired) electrons. The van der Waals surface area contributed by atoms with Gasteiger partial charge in [-0.15, -0.1) is 0 Å². The van der Waals surface area contributed by atoms with Crippen LogP contribution in [0.2, 0.25) is 5.02 Å². The van der Waals surface area contributed by atoms with Gasteiger partial charge in [-0.1, -0.05) is 18.5 Å². The number of hydrogen-bond donors (Lipinski definition) is 0. The van der Waals surface area contributed by atoms with Crippen LogP contribution in [0.25, 0.3) is 11.4 Å². The van der Waals surface area contributed by atoms with Crippen molar-refractivity contribution >= 4 is 23.8 Å². The van der Waals surface area contributed by atoms with Crippen molar-refractivity contribution in [3.63, 3.8) is 0 Å². The standard InChI is InChI=1S/C20H27ClN4OS/c1-15-8-10-23(11-9-15)14-25-20(27)24(13-18-3-2-12-26-18)19(22-25)16-4-6-17(21)7-5-16/h4-7,15,18H,2-3,8-14H2,1H3/t18-/m1/s1. The Morgan fingerprint density at radius 3 is 2.59 bits per heavy atom. The summed E-state index contributed by atoms with van der Waals surface area (Å²) in [5.74, 6) is 1.72. The van der Waals surface area contributed by atoms with Crippen molar-refractivity contribution in [3.8, 4) is 11.4 Å². The molecule has 2 saturated heterocycles. The van der Waals surface area contributed by atoms with Gasteiger partial charge < -0.3 is 4.74 Å². The van der Waals surface area contributed by atoms with E-state index in [1.165, 1.54) is 12.8 Å². The lowest BCUT2D eigenvalue weighted by Crippen LogP contribution is -2.34. The van der Waals surface area contributed by atoms with Gasteiger partial charge in [0, 0.05) is 30.3 Å². The van der Waals surface area contributed by atoms with Crippen LogP contribution >= 0.6 is 23.8 Å². The molecule has 3 heterocycles. The van der Waals surface area contributed by atoms with Gasteiger partial charge in [0.2, 0.25) is 0 Å². The molecule has 0 aliphatic carbocycles. The predicted molar refractivity (Wildman–Crippen MR) is 110 cm³/mol. The van der Waals surface area contributed by atoms with Crippen molar-refractivity contribution in [1.82, 2.24) is 19.2 Å². The van der Waals surface area contributed by atoms with E-state index in [0.717, 1.165) is 72.9 Å². The molecule has 0 N–H and O–H groups in total. The van der Waals surface area contributed by atoms with Crippen LogP contribution in [-0.4, -0.2) is 45.0 Å². The monoisotopic (exact) mass is 406 g/mol. The number of piperidine rings is 1. The number of aromatic nitrogens is 3.